The van der Waals surface area contributed by atoms with Gasteiger partial charge in [0.25, 0.3) is 0 Å². The van der Waals surface area contributed by atoms with Crippen molar-refractivity contribution in [2.24, 2.45) is 16.6 Å². The predicted octanol–water partition coefficient (Wildman–Crippen LogP) is 4.19. The molecule has 0 aromatic rings. The maximum atomic E-state index is 9.32. The number of nitrogens with two attached hydrogens (primary N) is 1. The van der Waals surface area contributed by atoms with Crippen molar-refractivity contribution < 1.29 is 14.6 Å². The number of aliphatic hydroxyl groups excluding tert-OH is 1. The van der Waals surface area contributed by atoms with Crippen molar-refractivity contribution in [1.82, 2.24) is 0 Å². The van der Waals surface area contributed by atoms with Gasteiger partial charge in [0.1, 0.15) is 0 Å². The van der Waals surface area contributed by atoms with Crippen molar-refractivity contribution in [3.05, 3.63) is 23.8 Å². The molecular weight excluding hydrogens is 314 g/mol. The molecule has 0 aromatic heterocycles. The van der Waals surface area contributed by atoms with E-state index in [0.717, 1.165) is 51.7 Å². The van der Waals surface area contributed by atoms with Gasteiger partial charge in [-0.2, -0.15) is 0 Å². The zero-order valence-corrected chi connectivity index (χ0v) is 16.7. The Kier molecular flexibility index (Phi) is 9.95. The summed E-state index contributed by atoms with van der Waals surface area (Å²) in [5.41, 5.74) is 7.14. The van der Waals surface area contributed by atoms with Gasteiger partial charge < -0.3 is 20.3 Å². The monoisotopic (exact) mass is 353 g/mol. The second-order valence-corrected chi connectivity index (χ2v) is 8.73. The van der Waals surface area contributed by atoms with Crippen LogP contribution in [0.5, 0.6) is 0 Å². The van der Waals surface area contributed by atoms with Gasteiger partial charge in [-0.15, -0.1) is 0 Å². The summed E-state index contributed by atoms with van der Waals surface area (Å²) in [4.78, 5) is 0. The summed E-state index contributed by atoms with van der Waals surface area (Å²) in [7, 11) is 0. The fraction of sp³-hybridized carbons (Fsp3) is 0.810. The molecule has 1 unspecified atom stereocenters. The third-order valence-electron chi connectivity index (χ3n) is 4.73. The quantitative estimate of drug-likeness (QED) is 0.385. The molecule has 146 valence electrons. The van der Waals surface area contributed by atoms with E-state index in [4.69, 9.17) is 15.2 Å². The molecular formula is C21H39NO3. The molecule has 0 fully saturated rings. The van der Waals surface area contributed by atoms with Gasteiger partial charge in [0, 0.05) is 19.8 Å². The van der Waals surface area contributed by atoms with E-state index in [0.29, 0.717) is 6.61 Å². The van der Waals surface area contributed by atoms with Crippen LogP contribution in [0.2, 0.25) is 0 Å². The largest absolute Gasteiger partial charge is 0.377 e. The van der Waals surface area contributed by atoms with Crippen LogP contribution in [-0.4, -0.2) is 37.8 Å². The lowest BCUT2D eigenvalue weighted by Gasteiger charge is -2.35. The SMILES string of the molecule is CC(C)(CCCOC(O)CN)CC(C)(C)CCOCC1=CCCC=C1. The summed E-state index contributed by atoms with van der Waals surface area (Å²) in [5.74, 6) is 0. The van der Waals surface area contributed by atoms with E-state index in [1.165, 1.54) is 5.57 Å². The molecule has 3 N–H and O–H groups in total. The van der Waals surface area contributed by atoms with Crippen LogP contribution in [-0.2, 0) is 9.47 Å². The Balaban J connectivity index is 2.22. The lowest BCUT2D eigenvalue weighted by molar-refractivity contribution is -0.0937. The number of aliphatic hydroxyl groups is 1. The van der Waals surface area contributed by atoms with Gasteiger partial charge in [0.15, 0.2) is 6.29 Å². The van der Waals surface area contributed by atoms with Crippen LogP contribution in [0.1, 0.15) is 66.2 Å². The number of hydrogen-bond acceptors (Lipinski definition) is 4. The summed E-state index contributed by atoms with van der Waals surface area (Å²) >= 11 is 0. The van der Waals surface area contributed by atoms with E-state index in [9.17, 15) is 5.11 Å². The molecule has 0 aromatic carbocycles. The molecule has 0 radical (unpaired) electrons. The van der Waals surface area contributed by atoms with E-state index in [1.54, 1.807) is 0 Å². The average Bonchev–Trinajstić information content (AvgIpc) is 2.55. The van der Waals surface area contributed by atoms with Gasteiger partial charge in [-0.1, -0.05) is 45.9 Å². The molecule has 0 amide bonds. The first-order valence-corrected chi connectivity index (χ1v) is 9.67. The molecule has 0 heterocycles. The highest BCUT2D eigenvalue weighted by molar-refractivity contribution is 5.22. The Hall–Kier alpha value is -0.680. The van der Waals surface area contributed by atoms with E-state index >= 15 is 0 Å². The molecule has 0 saturated carbocycles. The molecule has 0 spiro atoms. The summed E-state index contributed by atoms with van der Waals surface area (Å²) in [5, 5.41) is 9.32. The molecule has 0 aliphatic heterocycles. The zero-order valence-electron chi connectivity index (χ0n) is 16.7. The van der Waals surface area contributed by atoms with Crippen LogP contribution in [0.4, 0.5) is 0 Å². The normalized spacial score (nSPS) is 16.8. The van der Waals surface area contributed by atoms with E-state index in [-0.39, 0.29) is 17.4 Å². The Morgan fingerprint density at radius 3 is 2.48 bits per heavy atom. The fourth-order valence-corrected chi connectivity index (χ4v) is 3.62. The Bertz CT molecular complexity index is 427. The molecule has 25 heavy (non-hydrogen) atoms. The summed E-state index contributed by atoms with van der Waals surface area (Å²) in [6.07, 6.45) is 12.4. The molecule has 4 heteroatoms. The first kappa shape index (κ1) is 22.4. The number of ether oxygens (including phenoxy) is 2. The van der Waals surface area contributed by atoms with Crippen LogP contribution >= 0.6 is 0 Å². The fourth-order valence-electron chi connectivity index (χ4n) is 3.62. The maximum Gasteiger partial charge on any atom is 0.166 e. The van der Waals surface area contributed by atoms with Gasteiger partial charge in [-0.3, -0.25) is 0 Å². The van der Waals surface area contributed by atoms with Crippen molar-refractivity contribution in [1.29, 1.82) is 0 Å². The Morgan fingerprint density at radius 1 is 1.12 bits per heavy atom. The first-order valence-electron chi connectivity index (χ1n) is 9.67. The van der Waals surface area contributed by atoms with Crippen LogP contribution in [0.15, 0.2) is 23.8 Å². The Morgan fingerprint density at radius 2 is 1.84 bits per heavy atom. The maximum absolute atomic E-state index is 9.32. The minimum atomic E-state index is -0.828. The van der Waals surface area contributed by atoms with Crippen molar-refractivity contribution in [3.63, 3.8) is 0 Å². The third kappa shape index (κ3) is 10.8. The van der Waals surface area contributed by atoms with Crippen LogP contribution < -0.4 is 5.73 Å². The number of allylic oxidation sites excluding steroid dienone is 2. The molecule has 1 aliphatic rings. The zero-order chi connectivity index (χ0) is 18.8. The third-order valence-corrected chi connectivity index (χ3v) is 4.73. The van der Waals surface area contributed by atoms with Crippen LogP contribution in [0, 0.1) is 10.8 Å². The van der Waals surface area contributed by atoms with Gasteiger partial charge in [-0.05, 0) is 54.9 Å². The molecule has 0 saturated heterocycles. The standard InChI is InChI=1S/C21H39NO3/c1-20(2,11-8-13-25-19(23)15-22)17-21(3,4)12-14-24-16-18-9-6-5-7-10-18/h6,9-10,19,23H,5,7-8,11-17,22H2,1-4H3. The van der Waals surface area contributed by atoms with Gasteiger partial charge >= 0.3 is 0 Å². The number of rotatable bonds is 13. The van der Waals surface area contributed by atoms with E-state index < -0.39 is 6.29 Å². The highest BCUT2D eigenvalue weighted by Gasteiger charge is 2.28. The molecule has 4 nitrogen and oxygen atoms in total. The molecule has 0 bridgehead atoms. The summed E-state index contributed by atoms with van der Waals surface area (Å²) < 4.78 is 11.1. The lowest BCUT2D eigenvalue weighted by atomic mass is 9.71. The van der Waals surface area contributed by atoms with E-state index in [2.05, 4.69) is 45.9 Å². The molecule has 1 atom stereocenters. The van der Waals surface area contributed by atoms with Crippen molar-refractivity contribution in [2.45, 2.75) is 72.5 Å². The van der Waals surface area contributed by atoms with Gasteiger partial charge in [0.2, 0.25) is 0 Å². The average molecular weight is 354 g/mol. The Labute approximate surface area is 154 Å². The summed E-state index contributed by atoms with van der Waals surface area (Å²) in [6, 6.07) is 0. The van der Waals surface area contributed by atoms with Gasteiger partial charge in [-0.25, -0.2) is 0 Å². The van der Waals surface area contributed by atoms with Crippen molar-refractivity contribution in [3.8, 4) is 0 Å². The first-order chi connectivity index (χ1) is 11.7. The second-order valence-electron chi connectivity index (χ2n) is 8.73. The van der Waals surface area contributed by atoms with E-state index in [1.807, 2.05) is 0 Å². The molecule has 1 aliphatic carbocycles. The minimum Gasteiger partial charge on any atom is -0.377 e. The number of hydrogen-bond donors (Lipinski definition) is 2. The lowest BCUT2D eigenvalue weighted by Crippen LogP contribution is -2.26. The van der Waals surface area contributed by atoms with Crippen LogP contribution in [0.3, 0.4) is 0 Å². The topological polar surface area (TPSA) is 64.7 Å². The minimum absolute atomic E-state index is 0.156. The summed E-state index contributed by atoms with van der Waals surface area (Å²) in [6.45, 7) is 11.5. The van der Waals surface area contributed by atoms with Crippen LogP contribution in [0.25, 0.3) is 0 Å². The van der Waals surface area contributed by atoms with Crippen molar-refractivity contribution >= 4 is 0 Å². The highest BCUT2D eigenvalue weighted by atomic mass is 16.6. The molecule has 1 rings (SSSR count). The van der Waals surface area contributed by atoms with Crippen molar-refractivity contribution in [2.75, 3.05) is 26.4 Å². The second kappa shape index (κ2) is 11.1. The van der Waals surface area contributed by atoms with Gasteiger partial charge in [0.05, 0.1) is 6.61 Å². The smallest absolute Gasteiger partial charge is 0.166 e. The highest BCUT2D eigenvalue weighted by Crippen LogP contribution is 2.39. The predicted molar refractivity (Wildman–Crippen MR) is 104 cm³/mol.